The van der Waals surface area contributed by atoms with Gasteiger partial charge in [0.05, 0.1) is 18.6 Å². The van der Waals surface area contributed by atoms with Crippen LogP contribution < -0.4 is 15.5 Å². The van der Waals surface area contributed by atoms with Crippen LogP contribution in [0.2, 0.25) is 0 Å². The van der Waals surface area contributed by atoms with Crippen molar-refractivity contribution >= 4 is 17.5 Å². The molecule has 2 fully saturated rings. The first kappa shape index (κ1) is 43.8. The van der Waals surface area contributed by atoms with Gasteiger partial charge in [0.2, 0.25) is 5.91 Å². The first-order valence-corrected chi connectivity index (χ1v) is 21.3. The minimum absolute atomic E-state index is 0.0297. The Hall–Kier alpha value is -2.94. The quantitative estimate of drug-likeness (QED) is 0.150. The predicted molar refractivity (Wildman–Crippen MR) is 226 cm³/mol. The van der Waals surface area contributed by atoms with Gasteiger partial charge in [-0.05, 0) is 119 Å². The molecular formula is C46H75N5O3. The summed E-state index contributed by atoms with van der Waals surface area (Å²) in [7, 11) is 6.13. The van der Waals surface area contributed by atoms with E-state index in [1.807, 2.05) is 0 Å². The highest BCUT2D eigenvalue weighted by molar-refractivity contribution is 5.99. The van der Waals surface area contributed by atoms with E-state index in [9.17, 15) is 9.59 Å². The number of morpholine rings is 1. The Bertz CT molecular complexity index is 1460. The lowest BCUT2D eigenvalue weighted by atomic mass is 9.68. The highest BCUT2D eigenvalue weighted by atomic mass is 16.5. The number of carbonyl (C=O) groups is 2. The maximum Gasteiger partial charge on any atom is 0.251 e. The Kier molecular flexibility index (Phi) is 16.9. The zero-order chi connectivity index (χ0) is 39.4. The molecule has 3 atom stereocenters. The van der Waals surface area contributed by atoms with Crippen LogP contribution in [0.15, 0.2) is 36.4 Å². The number of amides is 2. The fraction of sp³-hybridized carbons (Fsp3) is 0.696. The summed E-state index contributed by atoms with van der Waals surface area (Å²) in [6.07, 6.45) is 9.52. The number of carbonyl (C=O) groups excluding carboxylic acids is 2. The van der Waals surface area contributed by atoms with Crippen molar-refractivity contribution in [2.24, 2.45) is 23.2 Å². The summed E-state index contributed by atoms with van der Waals surface area (Å²) in [6, 6.07) is 14.3. The number of hydrogen-bond acceptors (Lipinski definition) is 6. The molecule has 4 rings (SSSR count). The Morgan fingerprint density at radius 3 is 2.15 bits per heavy atom. The van der Waals surface area contributed by atoms with E-state index in [4.69, 9.17) is 4.74 Å². The number of anilines is 1. The molecule has 54 heavy (non-hydrogen) atoms. The molecule has 2 N–H and O–H groups in total. The van der Waals surface area contributed by atoms with Gasteiger partial charge in [-0.1, -0.05) is 78.1 Å². The number of nitrogens with one attached hydrogen (secondary N) is 2. The number of benzene rings is 2. The molecule has 8 heteroatoms. The number of ether oxygens (including phenoxy) is 1. The molecule has 1 aliphatic heterocycles. The Labute approximate surface area is 329 Å². The second kappa shape index (κ2) is 20.8. The van der Waals surface area contributed by atoms with Gasteiger partial charge in [-0.25, -0.2) is 0 Å². The van der Waals surface area contributed by atoms with Crippen molar-refractivity contribution in [2.45, 2.75) is 125 Å². The van der Waals surface area contributed by atoms with E-state index < -0.39 is 5.41 Å². The van der Waals surface area contributed by atoms with E-state index in [-0.39, 0.29) is 17.7 Å². The Morgan fingerprint density at radius 1 is 0.926 bits per heavy atom. The Balaban J connectivity index is 1.68. The molecular weight excluding hydrogens is 671 g/mol. The lowest BCUT2D eigenvalue weighted by Crippen LogP contribution is -2.51. The van der Waals surface area contributed by atoms with Gasteiger partial charge in [-0.2, -0.15) is 0 Å². The minimum Gasteiger partial charge on any atom is -0.379 e. The molecule has 1 saturated carbocycles. The van der Waals surface area contributed by atoms with Crippen LogP contribution in [-0.2, 0) is 16.1 Å². The molecule has 0 bridgehead atoms. The molecule has 1 saturated heterocycles. The molecule has 3 unspecified atom stereocenters. The molecule has 2 aromatic carbocycles. The van der Waals surface area contributed by atoms with Gasteiger partial charge in [0, 0.05) is 63.1 Å². The fourth-order valence-corrected chi connectivity index (χ4v) is 9.25. The van der Waals surface area contributed by atoms with Crippen LogP contribution in [0.5, 0.6) is 0 Å². The summed E-state index contributed by atoms with van der Waals surface area (Å²) in [5, 5.41) is 6.36. The summed E-state index contributed by atoms with van der Waals surface area (Å²) >= 11 is 0. The van der Waals surface area contributed by atoms with Crippen molar-refractivity contribution in [1.82, 2.24) is 20.4 Å². The predicted octanol–water partition coefficient (Wildman–Crippen LogP) is 8.55. The van der Waals surface area contributed by atoms with Crippen LogP contribution in [0.25, 0.3) is 11.1 Å². The van der Waals surface area contributed by atoms with Crippen LogP contribution >= 0.6 is 0 Å². The summed E-state index contributed by atoms with van der Waals surface area (Å²) in [6.45, 7) is 21.2. The highest BCUT2D eigenvalue weighted by Crippen LogP contribution is 2.39. The summed E-state index contributed by atoms with van der Waals surface area (Å²) in [5.74, 6) is 1.22. The van der Waals surface area contributed by atoms with E-state index in [0.717, 1.165) is 100 Å². The number of rotatable bonds is 19. The minimum atomic E-state index is -0.684. The molecule has 1 heterocycles. The van der Waals surface area contributed by atoms with Crippen LogP contribution in [0.3, 0.4) is 0 Å². The van der Waals surface area contributed by atoms with Crippen molar-refractivity contribution in [3.8, 4) is 11.1 Å². The molecule has 1 aliphatic carbocycles. The van der Waals surface area contributed by atoms with E-state index in [2.05, 4.69) is 124 Å². The first-order chi connectivity index (χ1) is 25.8. The normalized spacial score (nSPS) is 20.4. The average molecular weight is 746 g/mol. The van der Waals surface area contributed by atoms with Gasteiger partial charge in [-0.15, -0.1) is 0 Å². The van der Waals surface area contributed by atoms with Crippen LogP contribution in [0.4, 0.5) is 5.69 Å². The standard InChI is InChI=1S/C46H75N5O3/c1-11-23-46(45(53)47-8,35(6)28-34(5)14-13-33(3)4)32-48-44(52)42-29-39(38-17-15-37(16-18-38)31-50-24-26-54-27-25-50)30-43(36(42)7)51(12-2)41-21-19-40(20-22-41)49(9)10/h15-18,29-30,33-35,40-41H,11-14,19-28,31-32H2,1-10H3,(H,47,53)(H,48,52). The zero-order valence-electron chi connectivity index (χ0n) is 35.7. The smallest absolute Gasteiger partial charge is 0.251 e. The van der Waals surface area contributed by atoms with Crippen LogP contribution in [0, 0.1) is 30.1 Å². The summed E-state index contributed by atoms with van der Waals surface area (Å²) < 4.78 is 5.56. The summed E-state index contributed by atoms with van der Waals surface area (Å²) in [5.41, 5.74) is 5.61. The second-order valence-electron chi connectivity index (χ2n) is 17.3. The SMILES string of the molecule is CCCC(CNC(=O)c1cc(-c2ccc(CN3CCOCC3)cc2)cc(N(CC)C2CCC(N(C)C)CC2)c1C)(C(=O)NC)C(C)CC(C)CCC(C)C. The third-order valence-electron chi connectivity index (χ3n) is 12.8. The van der Waals surface area contributed by atoms with E-state index in [1.165, 1.54) is 24.8 Å². The van der Waals surface area contributed by atoms with Gasteiger partial charge in [-0.3, -0.25) is 14.5 Å². The first-order valence-electron chi connectivity index (χ1n) is 21.3. The number of hydrogen-bond donors (Lipinski definition) is 2. The van der Waals surface area contributed by atoms with Gasteiger partial charge < -0.3 is 25.2 Å². The second-order valence-corrected chi connectivity index (χ2v) is 17.3. The van der Waals surface area contributed by atoms with E-state index in [0.29, 0.717) is 36.0 Å². The van der Waals surface area contributed by atoms with Crippen molar-refractivity contribution in [2.75, 3.05) is 65.4 Å². The van der Waals surface area contributed by atoms with Gasteiger partial charge >= 0.3 is 0 Å². The van der Waals surface area contributed by atoms with E-state index >= 15 is 0 Å². The lowest BCUT2D eigenvalue weighted by molar-refractivity contribution is -0.134. The van der Waals surface area contributed by atoms with Crippen molar-refractivity contribution < 1.29 is 14.3 Å². The van der Waals surface area contributed by atoms with Gasteiger partial charge in [0.25, 0.3) is 5.91 Å². The van der Waals surface area contributed by atoms with Crippen molar-refractivity contribution in [3.63, 3.8) is 0 Å². The third-order valence-corrected chi connectivity index (χ3v) is 12.8. The van der Waals surface area contributed by atoms with Gasteiger partial charge in [0.15, 0.2) is 0 Å². The maximum atomic E-state index is 14.6. The molecule has 2 aliphatic rings. The molecule has 8 nitrogen and oxygen atoms in total. The topological polar surface area (TPSA) is 77.2 Å². The van der Waals surface area contributed by atoms with Gasteiger partial charge in [0.1, 0.15) is 0 Å². The maximum absolute atomic E-state index is 14.6. The average Bonchev–Trinajstić information content (AvgIpc) is 3.17. The summed E-state index contributed by atoms with van der Waals surface area (Å²) in [4.78, 5) is 35.8. The lowest BCUT2D eigenvalue weighted by Gasteiger charge is -2.40. The molecule has 0 spiro atoms. The molecule has 302 valence electrons. The Morgan fingerprint density at radius 2 is 1.57 bits per heavy atom. The van der Waals surface area contributed by atoms with Crippen LogP contribution in [-0.4, -0.2) is 94.2 Å². The molecule has 0 radical (unpaired) electrons. The zero-order valence-corrected chi connectivity index (χ0v) is 35.7. The number of nitrogens with zero attached hydrogens (tertiary/aromatic N) is 3. The van der Waals surface area contributed by atoms with E-state index in [1.54, 1.807) is 7.05 Å². The van der Waals surface area contributed by atoms with Crippen molar-refractivity contribution in [3.05, 3.63) is 53.1 Å². The monoisotopic (exact) mass is 746 g/mol. The fourth-order valence-electron chi connectivity index (χ4n) is 9.25. The molecule has 2 aromatic rings. The van der Waals surface area contributed by atoms with Crippen LogP contribution in [0.1, 0.15) is 121 Å². The third kappa shape index (κ3) is 11.3. The molecule has 0 aromatic heterocycles. The van der Waals surface area contributed by atoms with Crippen molar-refractivity contribution in [1.29, 1.82) is 0 Å². The largest absolute Gasteiger partial charge is 0.379 e. The molecule has 2 amide bonds. The highest BCUT2D eigenvalue weighted by Gasteiger charge is 2.43.